The van der Waals surface area contributed by atoms with Crippen molar-refractivity contribution >= 4 is 11.6 Å². The monoisotopic (exact) mass is 357 g/mol. The number of rotatable bonds is 8. The van der Waals surface area contributed by atoms with Crippen LogP contribution < -0.4 is 15.0 Å². The van der Waals surface area contributed by atoms with Crippen molar-refractivity contribution in [2.24, 2.45) is 7.05 Å². The fraction of sp³-hybridized carbons (Fsp3) is 0.400. The molecule has 0 saturated heterocycles. The number of hydrogen-bond donors (Lipinski definition) is 2. The van der Waals surface area contributed by atoms with E-state index < -0.39 is 0 Å². The standard InChI is InChI=1S/C20H28N4O2/c1-7-12-26-18-10-8-17(9-11-18)13-23(5)16(4)20(25)21-19-14(2)22-24(6)15(19)3/h7-11,16H,1,12-13H2,2-6H3,(H,21,25)/p+1/t16-/m1/s1. The predicted molar refractivity (Wildman–Crippen MR) is 103 cm³/mol. The van der Waals surface area contributed by atoms with Crippen LogP contribution in [0, 0.1) is 13.8 Å². The molecule has 2 N–H and O–H groups in total. The number of hydrogen-bond acceptors (Lipinski definition) is 3. The van der Waals surface area contributed by atoms with Crippen molar-refractivity contribution in [1.82, 2.24) is 9.78 Å². The molecular formula is C20H29N4O2+. The third-order valence-electron chi connectivity index (χ3n) is 4.66. The molecule has 1 unspecified atom stereocenters. The fourth-order valence-electron chi connectivity index (χ4n) is 2.74. The molecule has 1 aromatic carbocycles. The third-order valence-corrected chi connectivity index (χ3v) is 4.66. The van der Waals surface area contributed by atoms with Gasteiger partial charge in [0, 0.05) is 12.6 Å². The summed E-state index contributed by atoms with van der Waals surface area (Å²) < 4.78 is 7.27. The van der Waals surface area contributed by atoms with E-state index in [1.165, 1.54) is 0 Å². The minimum atomic E-state index is -0.189. The second kappa shape index (κ2) is 8.67. The number of aryl methyl sites for hydroxylation is 2. The number of ether oxygens (including phenoxy) is 1. The molecule has 140 valence electrons. The summed E-state index contributed by atoms with van der Waals surface area (Å²) in [5, 5.41) is 7.37. The second-order valence-corrected chi connectivity index (χ2v) is 6.65. The van der Waals surface area contributed by atoms with Gasteiger partial charge in [0.15, 0.2) is 6.04 Å². The molecule has 0 radical (unpaired) electrons. The Kier molecular flexibility index (Phi) is 6.58. The summed E-state index contributed by atoms with van der Waals surface area (Å²) in [6.45, 7) is 10.7. The zero-order valence-corrected chi connectivity index (χ0v) is 16.3. The summed E-state index contributed by atoms with van der Waals surface area (Å²) in [5.41, 5.74) is 3.75. The zero-order valence-electron chi connectivity index (χ0n) is 16.3. The topological polar surface area (TPSA) is 60.6 Å². The van der Waals surface area contributed by atoms with Gasteiger partial charge in [-0.2, -0.15) is 5.10 Å². The van der Waals surface area contributed by atoms with Gasteiger partial charge in [0.25, 0.3) is 5.91 Å². The summed E-state index contributed by atoms with van der Waals surface area (Å²) in [7, 11) is 3.90. The predicted octanol–water partition coefficient (Wildman–Crippen LogP) is 1.64. The number of carbonyl (C=O) groups is 1. The lowest BCUT2D eigenvalue weighted by molar-refractivity contribution is -0.907. The molecule has 0 bridgehead atoms. The van der Waals surface area contributed by atoms with E-state index in [1.807, 2.05) is 59.1 Å². The highest BCUT2D eigenvalue weighted by molar-refractivity contribution is 5.94. The maximum atomic E-state index is 12.6. The zero-order chi connectivity index (χ0) is 19.3. The lowest BCUT2D eigenvalue weighted by Gasteiger charge is -2.21. The van der Waals surface area contributed by atoms with Gasteiger partial charge in [-0.25, -0.2) is 0 Å². The van der Waals surface area contributed by atoms with E-state index in [-0.39, 0.29) is 11.9 Å². The lowest BCUT2D eigenvalue weighted by atomic mass is 10.1. The molecule has 1 heterocycles. The highest BCUT2D eigenvalue weighted by Crippen LogP contribution is 2.18. The Labute approximate surface area is 155 Å². The molecule has 1 amide bonds. The van der Waals surface area contributed by atoms with Crippen LogP contribution >= 0.6 is 0 Å². The molecule has 6 heteroatoms. The van der Waals surface area contributed by atoms with Gasteiger partial charge in [0.1, 0.15) is 18.9 Å². The Hall–Kier alpha value is -2.60. The van der Waals surface area contributed by atoms with Gasteiger partial charge < -0.3 is 15.0 Å². The van der Waals surface area contributed by atoms with Crippen LogP contribution in [-0.4, -0.2) is 35.4 Å². The number of anilines is 1. The maximum absolute atomic E-state index is 12.6. The van der Waals surface area contributed by atoms with Gasteiger partial charge >= 0.3 is 0 Å². The van der Waals surface area contributed by atoms with E-state index in [0.29, 0.717) is 6.61 Å². The smallest absolute Gasteiger partial charge is 0.282 e. The van der Waals surface area contributed by atoms with E-state index >= 15 is 0 Å². The van der Waals surface area contributed by atoms with Crippen LogP contribution in [0.3, 0.4) is 0 Å². The molecule has 0 saturated carbocycles. The van der Waals surface area contributed by atoms with Crippen LogP contribution in [0.2, 0.25) is 0 Å². The molecule has 0 aliphatic carbocycles. The molecular weight excluding hydrogens is 328 g/mol. The first-order valence-corrected chi connectivity index (χ1v) is 8.79. The van der Waals surface area contributed by atoms with Crippen LogP contribution in [0.25, 0.3) is 0 Å². The van der Waals surface area contributed by atoms with E-state index in [0.717, 1.165) is 39.8 Å². The number of amides is 1. The number of quaternary nitrogens is 1. The van der Waals surface area contributed by atoms with Gasteiger partial charge in [0.05, 0.1) is 24.1 Å². The van der Waals surface area contributed by atoms with Gasteiger partial charge in [-0.15, -0.1) is 0 Å². The molecule has 0 aliphatic rings. The number of aromatic nitrogens is 2. The van der Waals surface area contributed by atoms with Crippen molar-refractivity contribution in [1.29, 1.82) is 0 Å². The van der Waals surface area contributed by atoms with Crippen molar-refractivity contribution in [3.8, 4) is 5.75 Å². The molecule has 26 heavy (non-hydrogen) atoms. The third kappa shape index (κ3) is 4.73. The highest BCUT2D eigenvalue weighted by atomic mass is 16.5. The Morgan fingerprint density at radius 2 is 2.04 bits per heavy atom. The van der Waals surface area contributed by atoms with Gasteiger partial charge in [-0.05, 0) is 45.0 Å². The van der Waals surface area contributed by atoms with E-state index in [4.69, 9.17) is 4.74 Å². The van der Waals surface area contributed by atoms with Gasteiger partial charge in [0.2, 0.25) is 0 Å². The van der Waals surface area contributed by atoms with Crippen molar-refractivity contribution in [2.75, 3.05) is 19.0 Å². The first kappa shape index (κ1) is 19.7. The molecule has 2 atom stereocenters. The van der Waals surface area contributed by atoms with Crippen LogP contribution in [0.5, 0.6) is 5.75 Å². The summed E-state index contributed by atoms with van der Waals surface area (Å²) in [6, 6.07) is 7.76. The Balaban J connectivity index is 1.96. The Bertz CT molecular complexity index is 765. The highest BCUT2D eigenvalue weighted by Gasteiger charge is 2.24. The Morgan fingerprint density at radius 3 is 2.58 bits per heavy atom. The van der Waals surface area contributed by atoms with Crippen molar-refractivity contribution in [3.05, 3.63) is 53.9 Å². The van der Waals surface area contributed by atoms with Crippen LogP contribution in [0.1, 0.15) is 23.9 Å². The van der Waals surface area contributed by atoms with Crippen molar-refractivity contribution < 1.29 is 14.4 Å². The van der Waals surface area contributed by atoms with E-state index in [1.54, 1.807) is 10.8 Å². The molecule has 0 fully saturated rings. The first-order valence-electron chi connectivity index (χ1n) is 8.79. The number of benzene rings is 1. The summed E-state index contributed by atoms with van der Waals surface area (Å²) in [5.74, 6) is 0.812. The first-order chi connectivity index (χ1) is 12.3. The fourth-order valence-corrected chi connectivity index (χ4v) is 2.74. The quantitative estimate of drug-likeness (QED) is 0.706. The van der Waals surface area contributed by atoms with Gasteiger partial charge in [-0.3, -0.25) is 9.48 Å². The summed E-state index contributed by atoms with van der Waals surface area (Å²) in [6.07, 6.45) is 1.72. The second-order valence-electron chi connectivity index (χ2n) is 6.65. The number of nitrogens with zero attached hydrogens (tertiary/aromatic N) is 2. The normalized spacial score (nSPS) is 13.1. The lowest BCUT2D eigenvalue weighted by Crippen LogP contribution is -3.12. The van der Waals surface area contributed by atoms with Crippen LogP contribution in [0.15, 0.2) is 36.9 Å². The van der Waals surface area contributed by atoms with Crippen molar-refractivity contribution in [2.45, 2.75) is 33.4 Å². The molecule has 2 aromatic rings. The van der Waals surface area contributed by atoms with Crippen LogP contribution in [0.4, 0.5) is 5.69 Å². The van der Waals surface area contributed by atoms with E-state index in [2.05, 4.69) is 17.0 Å². The Morgan fingerprint density at radius 1 is 1.38 bits per heavy atom. The molecule has 2 rings (SSSR count). The average molecular weight is 357 g/mol. The maximum Gasteiger partial charge on any atom is 0.282 e. The molecule has 0 spiro atoms. The molecule has 1 aromatic heterocycles. The molecule has 6 nitrogen and oxygen atoms in total. The summed E-state index contributed by atoms with van der Waals surface area (Å²) >= 11 is 0. The number of likely N-dealkylation sites (N-methyl/N-ethyl adjacent to an activating group) is 1. The average Bonchev–Trinajstić information content (AvgIpc) is 2.86. The molecule has 0 aliphatic heterocycles. The van der Waals surface area contributed by atoms with E-state index in [9.17, 15) is 4.79 Å². The van der Waals surface area contributed by atoms with Gasteiger partial charge in [-0.1, -0.05) is 12.7 Å². The van der Waals surface area contributed by atoms with Crippen LogP contribution in [-0.2, 0) is 18.4 Å². The summed E-state index contributed by atoms with van der Waals surface area (Å²) in [4.78, 5) is 13.7. The SMILES string of the molecule is C=CCOc1ccc(C[NH+](C)[C@H](C)C(=O)Nc2c(C)nn(C)c2C)cc1. The minimum absolute atomic E-state index is 0.00682. The van der Waals surface area contributed by atoms with Crippen molar-refractivity contribution in [3.63, 3.8) is 0 Å². The minimum Gasteiger partial charge on any atom is -0.490 e. The number of carbonyl (C=O) groups excluding carboxylic acids is 1. The largest absolute Gasteiger partial charge is 0.490 e. The number of nitrogens with one attached hydrogen (secondary N) is 2.